The maximum atomic E-state index is 11.3. The van der Waals surface area contributed by atoms with Crippen LogP contribution in [-0.4, -0.2) is 19.1 Å². The van der Waals surface area contributed by atoms with E-state index in [1.54, 1.807) is 0 Å². The van der Waals surface area contributed by atoms with E-state index in [0.29, 0.717) is 18.8 Å². The standard InChI is InChI=1S/C17H20N2O2/c1-2-19-17(20)12-21-16-9-7-15(8-10-16)14-5-3-13(11-18)4-6-14/h3-10H,2,11-12,18H2,1H3,(H,19,20). The van der Waals surface area contributed by atoms with E-state index in [-0.39, 0.29) is 12.5 Å². The van der Waals surface area contributed by atoms with E-state index in [1.807, 2.05) is 55.5 Å². The van der Waals surface area contributed by atoms with Gasteiger partial charge in [-0.1, -0.05) is 36.4 Å². The van der Waals surface area contributed by atoms with Crippen molar-refractivity contribution in [2.45, 2.75) is 13.5 Å². The first kappa shape index (κ1) is 15.1. The van der Waals surface area contributed by atoms with Gasteiger partial charge in [0.2, 0.25) is 0 Å². The molecule has 0 radical (unpaired) electrons. The van der Waals surface area contributed by atoms with E-state index >= 15 is 0 Å². The molecular weight excluding hydrogens is 264 g/mol. The second-order valence-corrected chi connectivity index (χ2v) is 4.67. The molecule has 0 aliphatic carbocycles. The van der Waals surface area contributed by atoms with Crippen molar-refractivity contribution in [3.8, 4) is 16.9 Å². The third-order valence-corrected chi connectivity index (χ3v) is 3.12. The lowest BCUT2D eigenvalue weighted by atomic mass is 10.0. The van der Waals surface area contributed by atoms with Crippen LogP contribution in [0.25, 0.3) is 11.1 Å². The normalized spacial score (nSPS) is 10.2. The molecule has 0 heterocycles. The summed E-state index contributed by atoms with van der Waals surface area (Å²) in [5, 5.41) is 2.69. The smallest absolute Gasteiger partial charge is 0.257 e. The van der Waals surface area contributed by atoms with Gasteiger partial charge in [-0.3, -0.25) is 4.79 Å². The average molecular weight is 284 g/mol. The fourth-order valence-corrected chi connectivity index (χ4v) is 1.97. The zero-order chi connectivity index (χ0) is 15.1. The van der Waals surface area contributed by atoms with Crippen molar-refractivity contribution in [1.29, 1.82) is 0 Å². The Bertz CT molecular complexity index is 577. The van der Waals surface area contributed by atoms with Crippen molar-refractivity contribution in [3.05, 3.63) is 54.1 Å². The molecule has 110 valence electrons. The van der Waals surface area contributed by atoms with Gasteiger partial charge in [-0.05, 0) is 35.7 Å². The Kier molecular flexibility index (Phi) is 5.35. The van der Waals surface area contributed by atoms with Gasteiger partial charge in [0.1, 0.15) is 5.75 Å². The summed E-state index contributed by atoms with van der Waals surface area (Å²) in [5.41, 5.74) is 8.93. The molecule has 0 atom stereocenters. The molecule has 3 N–H and O–H groups in total. The molecule has 0 bridgehead atoms. The number of nitrogens with two attached hydrogens (primary N) is 1. The molecule has 0 saturated heterocycles. The van der Waals surface area contributed by atoms with Gasteiger partial charge in [0.15, 0.2) is 6.61 Å². The number of rotatable bonds is 6. The van der Waals surface area contributed by atoms with Crippen LogP contribution in [0.2, 0.25) is 0 Å². The molecule has 0 aliphatic rings. The third kappa shape index (κ3) is 4.33. The van der Waals surface area contributed by atoms with Gasteiger partial charge in [0.05, 0.1) is 0 Å². The number of hydrogen-bond donors (Lipinski definition) is 2. The first-order valence-electron chi connectivity index (χ1n) is 7.02. The predicted molar refractivity (Wildman–Crippen MR) is 83.9 cm³/mol. The first-order chi connectivity index (χ1) is 10.2. The van der Waals surface area contributed by atoms with Crippen molar-refractivity contribution in [1.82, 2.24) is 5.32 Å². The second-order valence-electron chi connectivity index (χ2n) is 4.67. The van der Waals surface area contributed by atoms with E-state index in [1.165, 1.54) is 0 Å². The Labute approximate surface area is 124 Å². The molecule has 2 aromatic rings. The van der Waals surface area contributed by atoms with Crippen molar-refractivity contribution < 1.29 is 9.53 Å². The minimum absolute atomic E-state index is 0.0401. The summed E-state index contributed by atoms with van der Waals surface area (Å²) in [6.45, 7) is 3.08. The number of ether oxygens (including phenoxy) is 1. The van der Waals surface area contributed by atoms with Gasteiger partial charge in [-0.15, -0.1) is 0 Å². The molecule has 2 aromatic carbocycles. The molecule has 4 heteroatoms. The quantitative estimate of drug-likeness (QED) is 0.855. The van der Waals surface area contributed by atoms with Crippen LogP contribution >= 0.6 is 0 Å². The number of nitrogens with one attached hydrogen (secondary N) is 1. The summed E-state index contributed by atoms with van der Waals surface area (Å²) in [7, 11) is 0. The highest BCUT2D eigenvalue weighted by atomic mass is 16.5. The summed E-state index contributed by atoms with van der Waals surface area (Å²) < 4.78 is 5.42. The van der Waals surface area contributed by atoms with Crippen LogP contribution in [0.5, 0.6) is 5.75 Å². The molecule has 0 aromatic heterocycles. The topological polar surface area (TPSA) is 64.3 Å². The number of carbonyl (C=O) groups excluding carboxylic acids is 1. The zero-order valence-electron chi connectivity index (χ0n) is 12.1. The molecule has 4 nitrogen and oxygen atoms in total. The van der Waals surface area contributed by atoms with Crippen molar-refractivity contribution in [3.63, 3.8) is 0 Å². The first-order valence-corrected chi connectivity index (χ1v) is 7.02. The number of hydrogen-bond acceptors (Lipinski definition) is 3. The van der Waals surface area contributed by atoms with E-state index < -0.39 is 0 Å². The summed E-state index contributed by atoms with van der Waals surface area (Å²) >= 11 is 0. The maximum Gasteiger partial charge on any atom is 0.257 e. The van der Waals surface area contributed by atoms with E-state index in [9.17, 15) is 4.79 Å². The molecule has 21 heavy (non-hydrogen) atoms. The highest BCUT2D eigenvalue weighted by Crippen LogP contribution is 2.22. The van der Waals surface area contributed by atoms with Crippen LogP contribution < -0.4 is 15.8 Å². The van der Waals surface area contributed by atoms with Crippen LogP contribution in [0.1, 0.15) is 12.5 Å². The van der Waals surface area contributed by atoms with E-state index in [2.05, 4.69) is 5.32 Å². The average Bonchev–Trinajstić information content (AvgIpc) is 2.54. The largest absolute Gasteiger partial charge is 0.484 e. The number of likely N-dealkylation sites (N-methyl/N-ethyl adjacent to an activating group) is 1. The van der Waals surface area contributed by atoms with Crippen LogP contribution in [0, 0.1) is 0 Å². The molecular formula is C17H20N2O2. The highest BCUT2D eigenvalue weighted by Gasteiger charge is 2.02. The molecule has 0 spiro atoms. The van der Waals surface area contributed by atoms with Crippen LogP contribution in [0.3, 0.4) is 0 Å². The van der Waals surface area contributed by atoms with E-state index in [0.717, 1.165) is 16.7 Å². The van der Waals surface area contributed by atoms with Gasteiger partial charge in [-0.25, -0.2) is 0 Å². The fourth-order valence-electron chi connectivity index (χ4n) is 1.97. The molecule has 2 rings (SSSR count). The zero-order valence-corrected chi connectivity index (χ0v) is 12.1. The molecule has 1 amide bonds. The Morgan fingerprint density at radius 1 is 1.05 bits per heavy atom. The predicted octanol–water partition coefficient (Wildman–Crippen LogP) is 2.33. The Morgan fingerprint density at radius 3 is 2.14 bits per heavy atom. The van der Waals surface area contributed by atoms with Gasteiger partial charge in [0.25, 0.3) is 5.91 Å². The summed E-state index contributed by atoms with van der Waals surface area (Å²) in [6.07, 6.45) is 0. The lowest BCUT2D eigenvalue weighted by Gasteiger charge is -2.08. The number of carbonyl (C=O) groups is 1. The van der Waals surface area contributed by atoms with Crippen molar-refractivity contribution in [2.75, 3.05) is 13.2 Å². The van der Waals surface area contributed by atoms with Crippen LogP contribution in [0.15, 0.2) is 48.5 Å². The SMILES string of the molecule is CCNC(=O)COc1ccc(-c2ccc(CN)cc2)cc1. The highest BCUT2D eigenvalue weighted by molar-refractivity contribution is 5.77. The van der Waals surface area contributed by atoms with Gasteiger partial charge >= 0.3 is 0 Å². The Morgan fingerprint density at radius 2 is 1.62 bits per heavy atom. The second kappa shape index (κ2) is 7.45. The van der Waals surface area contributed by atoms with Crippen LogP contribution in [0.4, 0.5) is 0 Å². The minimum Gasteiger partial charge on any atom is -0.484 e. The van der Waals surface area contributed by atoms with Gasteiger partial charge in [0, 0.05) is 13.1 Å². The minimum atomic E-state index is -0.112. The number of benzene rings is 2. The Hall–Kier alpha value is -2.33. The van der Waals surface area contributed by atoms with Crippen LogP contribution in [-0.2, 0) is 11.3 Å². The molecule has 0 aliphatic heterocycles. The Balaban J connectivity index is 1.99. The monoisotopic (exact) mass is 284 g/mol. The van der Waals surface area contributed by atoms with Crippen molar-refractivity contribution >= 4 is 5.91 Å². The van der Waals surface area contributed by atoms with Crippen molar-refractivity contribution in [2.24, 2.45) is 5.73 Å². The fraction of sp³-hybridized carbons (Fsp3) is 0.235. The number of amides is 1. The lowest BCUT2D eigenvalue weighted by Crippen LogP contribution is -2.28. The van der Waals surface area contributed by atoms with E-state index in [4.69, 9.17) is 10.5 Å². The molecule has 0 fully saturated rings. The summed E-state index contributed by atoms with van der Waals surface area (Å²) in [4.78, 5) is 11.3. The molecule has 0 unspecified atom stereocenters. The molecule has 0 saturated carbocycles. The maximum absolute atomic E-state index is 11.3. The lowest BCUT2D eigenvalue weighted by molar-refractivity contribution is -0.122. The van der Waals surface area contributed by atoms with Gasteiger partial charge < -0.3 is 15.8 Å². The van der Waals surface area contributed by atoms with Gasteiger partial charge in [-0.2, -0.15) is 0 Å². The third-order valence-electron chi connectivity index (χ3n) is 3.12. The summed E-state index contributed by atoms with van der Waals surface area (Å²) in [5.74, 6) is 0.572. The summed E-state index contributed by atoms with van der Waals surface area (Å²) in [6, 6.07) is 15.8.